The monoisotopic (exact) mass is 162 g/mol. The van der Waals surface area contributed by atoms with E-state index in [1.54, 1.807) is 0 Å². The second-order valence-corrected chi connectivity index (χ2v) is 5.03. The summed E-state index contributed by atoms with van der Waals surface area (Å²) < 4.78 is 0.910. The molecule has 0 nitrogen and oxygen atoms in total. The molecule has 1 unspecified atom stereocenters. The molecule has 1 heterocycles. The molecule has 1 saturated heterocycles. The van der Waals surface area contributed by atoms with Gasteiger partial charge in [-0.25, -0.2) is 0 Å². The zero-order valence-electron chi connectivity index (χ0n) is 5.93. The number of thioether (sulfide) groups is 2. The fourth-order valence-electron chi connectivity index (χ4n) is 1.07. The van der Waals surface area contributed by atoms with Crippen LogP contribution in [-0.4, -0.2) is 16.6 Å². The summed E-state index contributed by atoms with van der Waals surface area (Å²) in [7, 11) is 0. The van der Waals surface area contributed by atoms with E-state index in [1.165, 1.54) is 31.4 Å². The molecule has 0 aromatic carbocycles. The summed E-state index contributed by atoms with van der Waals surface area (Å²) in [4.78, 5) is 0. The minimum atomic E-state index is 0.910. The van der Waals surface area contributed by atoms with Crippen molar-refractivity contribution in [1.29, 1.82) is 0 Å². The van der Waals surface area contributed by atoms with Gasteiger partial charge in [0.25, 0.3) is 0 Å². The van der Waals surface area contributed by atoms with Crippen LogP contribution in [0.2, 0.25) is 0 Å². The lowest BCUT2D eigenvalue weighted by Crippen LogP contribution is -1.92. The van der Waals surface area contributed by atoms with Crippen LogP contribution in [0.15, 0.2) is 0 Å². The van der Waals surface area contributed by atoms with Gasteiger partial charge in [0.05, 0.1) is 0 Å². The second-order valence-electron chi connectivity index (χ2n) is 2.39. The molecule has 0 radical (unpaired) electrons. The Labute approximate surface area is 66.2 Å². The first kappa shape index (κ1) is 7.80. The third-order valence-electron chi connectivity index (χ3n) is 1.65. The van der Waals surface area contributed by atoms with Crippen LogP contribution in [0.1, 0.15) is 25.7 Å². The van der Waals surface area contributed by atoms with Gasteiger partial charge in [0, 0.05) is 4.58 Å². The minimum Gasteiger partial charge on any atom is -0.151 e. The fraction of sp³-hybridized carbons (Fsp3) is 1.00. The van der Waals surface area contributed by atoms with Gasteiger partial charge in [-0.05, 0) is 24.9 Å². The maximum absolute atomic E-state index is 2.23. The molecule has 9 heavy (non-hydrogen) atoms. The average molecular weight is 162 g/mol. The molecule has 1 rings (SSSR count). The Morgan fingerprint density at radius 2 is 2.22 bits per heavy atom. The highest BCUT2D eigenvalue weighted by Crippen LogP contribution is 2.30. The van der Waals surface area contributed by atoms with Crippen molar-refractivity contribution in [2.24, 2.45) is 0 Å². The first-order valence-corrected chi connectivity index (χ1v) is 5.91. The molecule has 1 aliphatic heterocycles. The molecular weight excluding hydrogens is 148 g/mol. The van der Waals surface area contributed by atoms with Gasteiger partial charge in [0.15, 0.2) is 0 Å². The topological polar surface area (TPSA) is 0 Å². The van der Waals surface area contributed by atoms with Gasteiger partial charge in [0.1, 0.15) is 0 Å². The molecular formula is C7H14S2. The van der Waals surface area contributed by atoms with Crippen molar-refractivity contribution in [2.45, 2.75) is 30.3 Å². The van der Waals surface area contributed by atoms with Crippen molar-refractivity contribution in [3.05, 3.63) is 0 Å². The van der Waals surface area contributed by atoms with Gasteiger partial charge in [-0.15, -0.1) is 11.8 Å². The first-order valence-electron chi connectivity index (χ1n) is 3.58. The van der Waals surface area contributed by atoms with Crippen molar-refractivity contribution < 1.29 is 0 Å². The third-order valence-corrected chi connectivity index (χ3v) is 4.53. The van der Waals surface area contributed by atoms with Crippen molar-refractivity contribution in [3.8, 4) is 0 Å². The smallest absolute Gasteiger partial charge is 0.0499 e. The molecule has 0 aromatic rings. The molecule has 1 aliphatic rings. The highest BCUT2D eigenvalue weighted by molar-refractivity contribution is 8.16. The summed E-state index contributed by atoms with van der Waals surface area (Å²) in [6, 6.07) is 0. The molecule has 0 N–H and O–H groups in total. The van der Waals surface area contributed by atoms with Gasteiger partial charge < -0.3 is 0 Å². The van der Waals surface area contributed by atoms with E-state index < -0.39 is 0 Å². The highest BCUT2D eigenvalue weighted by atomic mass is 32.2. The lowest BCUT2D eigenvalue weighted by atomic mass is 10.2. The van der Waals surface area contributed by atoms with E-state index in [2.05, 4.69) is 18.0 Å². The number of hydrogen-bond acceptors (Lipinski definition) is 2. The SMILES string of the molecule is CSC1CCCCCS1. The predicted octanol–water partition coefficient (Wildman–Crippen LogP) is 2.98. The minimum absolute atomic E-state index is 0.910. The summed E-state index contributed by atoms with van der Waals surface area (Å²) in [5.74, 6) is 1.39. The molecule has 0 aromatic heterocycles. The van der Waals surface area contributed by atoms with E-state index in [1.807, 2.05) is 11.8 Å². The standard InChI is InChI=1S/C7H14S2/c1-8-7-5-3-2-4-6-9-7/h7H,2-6H2,1H3. The predicted molar refractivity (Wildman–Crippen MR) is 48.2 cm³/mol. The normalized spacial score (nSPS) is 29.7. The van der Waals surface area contributed by atoms with Crippen molar-refractivity contribution in [2.75, 3.05) is 12.0 Å². The summed E-state index contributed by atoms with van der Waals surface area (Å²) in [5, 5.41) is 0. The quantitative estimate of drug-likeness (QED) is 0.581. The largest absolute Gasteiger partial charge is 0.151 e. The van der Waals surface area contributed by atoms with Gasteiger partial charge in [0.2, 0.25) is 0 Å². The second kappa shape index (κ2) is 4.51. The van der Waals surface area contributed by atoms with E-state index >= 15 is 0 Å². The molecule has 0 saturated carbocycles. The van der Waals surface area contributed by atoms with E-state index in [0.717, 1.165) is 4.58 Å². The van der Waals surface area contributed by atoms with Gasteiger partial charge in [-0.2, -0.15) is 11.8 Å². The van der Waals surface area contributed by atoms with Crippen LogP contribution in [0.4, 0.5) is 0 Å². The third kappa shape index (κ3) is 2.85. The van der Waals surface area contributed by atoms with Crippen LogP contribution < -0.4 is 0 Å². The molecule has 0 bridgehead atoms. The van der Waals surface area contributed by atoms with Crippen molar-refractivity contribution in [3.63, 3.8) is 0 Å². The molecule has 1 fully saturated rings. The Kier molecular flexibility index (Phi) is 3.91. The van der Waals surface area contributed by atoms with Crippen molar-refractivity contribution in [1.82, 2.24) is 0 Å². The number of hydrogen-bond donors (Lipinski definition) is 0. The fourth-order valence-corrected chi connectivity index (χ4v) is 3.28. The molecule has 0 spiro atoms. The molecule has 0 aliphatic carbocycles. The Balaban J connectivity index is 2.18. The first-order chi connectivity index (χ1) is 4.43. The lowest BCUT2D eigenvalue weighted by molar-refractivity contribution is 0.717. The Morgan fingerprint density at radius 1 is 1.33 bits per heavy atom. The van der Waals surface area contributed by atoms with E-state index in [-0.39, 0.29) is 0 Å². The number of rotatable bonds is 1. The Bertz CT molecular complexity index is 65.3. The van der Waals surface area contributed by atoms with Crippen LogP contribution in [0.5, 0.6) is 0 Å². The maximum Gasteiger partial charge on any atom is 0.0499 e. The van der Waals surface area contributed by atoms with Gasteiger partial charge in [-0.1, -0.05) is 12.8 Å². The van der Waals surface area contributed by atoms with Gasteiger partial charge in [-0.3, -0.25) is 0 Å². The molecule has 54 valence electrons. The van der Waals surface area contributed by atoms with Crippen LogP contribution >= 0.6 is 23.5 Å². The van der Waals surface area contributed by atoms with Crippen LogP contribution in [0.3, 0.4) is 0 Å². The van der Waals surface area contributed by atoms with Crippen molar-refractivity contribution >= 4 is 23.5 Å². The lowest BCUT2D eigenvalue weighted by Gasteiger charge is -2.07. The zero-order valence-corrected chi connectivity index (χ0v) is 7.56. The highest BCUT2D eigenvalue weighted by Gasteiger charge is 2.09. The summed E-state index contributed by atoms with van der Waals surface area (Å²) >= 11 is 4.17. The van der Waals surface area contributed by atoms with E-state index in [4.69, 9.17) is 0 Å². The van der Waals surface area contributed by atoms with E-state index in [9.17, 15) is 0 Å². The summed E-state index contributed by atoms with van der Waals surface area (Å²) in [6.07, 6.45) is 8.03. The van der Waals surface area contributed by atoms with Crippen LogP contribution in [-0.2, 0) is 0 Å². The van der Waals surface area contributed by atoms with Gasteiger partial charge >= 0.3 is 0 Å². The molecule has 2 heteroatoms. The zero-order chi connectivity index (χ0) is 6.53. The van der Waals surface area contributed by atoms with Crippen LogP contribution in [0, 0.1) is 0 Å². The maximum atomic E-state index is 2.23. The molecule has 1 atom stereocenters. The molecule has 0 amide bonds. The summed E-state index contributed by atoms with van der Waals surface area (Å²) in [6.45, 7) is 0. The summed E-state index contributed by atoms with van der Waals surface area (Å²) in [5.41, 5.74) is 0. The Morgan fingerprint density at radius 3 is 3.00 bits per heavy atom. The van der Waals surface area contributed by atoms with Crippen LogP contribution in [0.25, 0.3) is 0 Å². The Hall–Kier alpha value is 0.700. The average Bonchev–Trinajstić information content (AvgIpc) is 2.13. The van der Waals surface area contributed by atoms with E-state index in [0.29, 0.717) is 0 Å².